The van der Waals surface area contributed by atoms with Crippen LogP contribution in [0.3, 0.4) is 0 Å². The number of aryl methyl sites for hydroxylation is 1. The summed E-state index contributed by atoms with van der Waals surface area (Å²) in [6, 6.07) is 16.1. The van der Waals surface area contributed by atoms with Gasteiger partial charge in [-0.3, -0.25) is 0 Å². The van der Waals surface area contributed by atoms with Crippen molar-refractivity contribution in [1.29, 1.82) is 0 Å². The first kappa shape index (κ1) is 30.8. The largest absolute Gasteiger partial charge is 0.199 e. The molecule has 0 spiro atoms. The number of allylic oxidation sites excluding steroid dienone is 9. The van der Waals surface area contributed by atoms with E-state index >= 15 is 0 Å². The Bertz CT molecular complexity index is 1080. The van der Waals surface area contributed by atoms with Crippen molar-refractivity contribution >= 4 is 16.1 Å². The number of hydrogen-bond acceptors (Lipinski definition) is 2. The molecular weight excluding hydrogens is 475 g/mol. The zero-order valence-electron chi connectivity index (χ0n) is 22.5. The van der Waals surface area contributed by atoms with Crippen LogP contribution in [0, 0.1) is 19.9 Å². The van der Waals surface area contributed by atoms with Crippen LogP contribution in [-0.2, 0) is 17.0 Å². The monoisotopic (exact) mass is 515 g/mol. The molecule has 1 heterocycles. The van der Waals surface area contributed by atoms with Crippen molar-refractivity contribution in [3.63, 3.8) is 0 Å². The van der Waals surface area contributed by atoms with Crippen molar-refractivity contribution in [3.8, 4) is 0 Å². The first-order chi connectivity index (χ1) is 17.2. The van der Waals surface area contributed by atoms with E-state index in [9.17, 15) is 0 Å². The Morgan fingerprint density at radius 1 is 1.00 bits per heavy atom. The van der Waals surface area contributed by atoms with E-state index in [4.69, 9.17) is 0 Å². The Labute approximate surface area is 228 Å². The summed E-state index contributed by atoms with van der Waals surface area (Å²) in [5, 5.41) is 6.18. The van der Waals surface area contributed by atoms with Gasteiger partial charge in [-0.05, 0) is 25.5 Å². The molecule has 4 rings (SSSR count). The van der Waals surface area contributed by atoms with Crippen LogP contribution in [0.4, 0.5) is 11.4 Å². The molecule has 1 aliphatic carbocycles. The molecule has 0 saturated carbocycles. The second kappa shape index (κ2) is 17.3. The van der Waals surface area contributed by atoms with Crippen molar-refractivity contribution in [2.75, 3.05) is 10.6 Å². The van der Waals surface area contributed by atoms with Gasteiger partial charge in [0.25, 0.3) is 0 Å². The number of fused-ring (bicyclic) bond motifs is 1. The van der Waals surface area contributed by atoms with Crippen LogP contribution >= 0.6 is 0 Å². The first-order valence-electron chi connectivity index (χ1n) is 12.1. The van der Waals surface area contributed by atoms with E-state index in [1.54, 1.807) is 0 Å². The van der Waals surface area contributed by atoms with Gasteiger partial charge in [-0.25, -0.2) is 0 Å². The third-order valence-electron chi connectivity index (χ3n) is 5.24. The summed E-state index contributed by atoms with van der Waals surface area (Å²) in [4.78, 5) is 0. The van der Waals surface area contributed by atoms with Gasteiger partial charge in [0.2, 0.25) is 0 Å². The maximum atomic E-state index is 3.76. The molecule has 0 aromatic heterocycles. The number of hydrogen-bond donors (Lipinski definition) is 2. The smallest absolute Gasteiger partial charge is 0.0418 e. The van der Waals surface area contributed by atoms with E-state index < -0.39 is 0 Å². The molecule has 0 bridgehead atoms. The second-order valence-electron chi connectivity index (χ2n) is 8.62. The molecular formula is C33H40N2V. The molecule has 2 aromatic rings. The van der Waals surface area contributed by atoms with Crippen LogP contribution in [0.25, 0.3) is 0 Å². The molecule has 0 radical (unpaired) electrons. The van der Waals surface area contributed by atoms with Crippen molar-refractivity contribution in [2.24, 2.45) is 0 Å². The maximum absolute atomic E-state index is 3.76. The van der Waals surface area contributed by atoms with Crippen LogP contribution in [0.2, 0.25) is 0 Å². The van der Waals surface area contributed by atoms with E-state index in [0.29, 0.717) is 0 Å². The van der Waals surface area contributed by atoms with Crippen LogP contribution in [-0.4, -0.2) is 4.73 Å². The van der Waals surface area contributed by atoms with Crippen molar-refractivity contribution in [2.45, 2.75) is 47.5 Å². The Kier molecular flexibility index (Phi) is 14.8. The normalized spacial score (nSPS) is 13.6. The summed E-state index contributed by atoms with van der Waals surface area (Å²) in [5.74, 6) is 0.848. The molecule has 187 valence electrons. The molecule has 36 heavy (non-hydrogen) atoms. The van der Waals surface area contributed by atoms with Crippen molar-refractivity contribution in [1.82, 2.24) is 0 Å². The minimum absolute atomic E-state index is 0.848. The predicted octanol–water partition coefficient (Wildman–Crippen LogP) is 9.06. The van der Waals surface area contributed by atoms with E-state index in [1.165, 1.54) is 27.9 Å². The fourth-order valence-corrected chi connectivity index (χ4v) is 3.14. The Morgan fingerprint density at radius 2 is 1.56 bits per heavy atom. The zero-order chi connectivity index (χ0) is 26.9. The predicted molar refractivity (Wildman–Crippen MR) is 158 cm³/mol. The third-order valence-corrected chi connectivity index (χ3v) is 5.84. The van der Waals surface area contributed by atoms with Gasteiger partial charge >= 0.3 is 95.5 Å². The number of rotatable bonds is 4. The molecule has 0 fully saturated rings. The summed E-state index contributed by atoms with van der Waals surface area (Å²) in [6.45, 7) is 21.5. The average Bonchev–Trinajstić information content (AvgIpc) is 3.48. The van der Waals surface area contributed by atoms with Gasteiger partial charge in [0.1, 0.15) is 5.82 Å². The molecule has 2 N–H and O–H groups in total. The molecule has 3 heteroatoms. The van der Waals surface area contributed by atoms with Gasteiger partial charge in [0.15, 0.2) is 0 Å². The van der Waals surface area contributed by atoms with Crippen LogP contribution < -0.4 is 10.6 Å². The molecule has 2 aliphatic rings. The van der Waals surface area contributed by atoms with Gasteiger partial charge in [-0.2, -0.15) is 24.6 Å². The third kappa shape index (κ3) is 12.5. The molecule has 0 saturated heterocycles. The van der Waals surface area contributed by atoms with E-state index in [1.807, 2.05) is 42.5 Å². The number of benzene rings is 2. The molecule has 0 unspecified atom stereocenters. The Morgan fingerprint density at radius 3 is 1.97 bits per heavy atom. The molecule has 2 nitrogen and oxygen atoms in total. The number of para-hydroxylation sites is 2. The zero-order valence-corrected chi connectivity index (χ0v) is 23.9. The molecule has 2 aromatic carbocycles. The topological polar surface area (TPSA) is 24.1 Å². The second-order valence-corrected chi connectivity index (χ2v) is 9.03. The van der Waals surface area contributed by atoms with Gasteiger partial charge in [-0.15, -0.1) is 18.7 Å². The fourth-order valence-electron chi connectivity index (χ4n) is 2.82. The summed E-state index contributed by atoms with van der Waals surface area (Å²) in [5.41, 5.74) is 9.84. The van der Waals surface area contributed by atoms with E-state index in [-0.39, 0.29) is 0 Å². The minimum Gasteiger partial charge on any atom is -0.199 e. The summed E-state index contributed by atoms with van der Waals surface area (Å²) < 4.78 is 2.06. The standard InChI is InChI=1S/C13H15.C8H8N2.C8H9.C4H8.V/c1-10(2)12(4)6-8-13-7-5-11(3)9-13;1-6-9-7-4-2-3-5-8(7)10-6;1-7-3-5-8(2)6-4-7;1-3-4-2;/h1,5-7H,9H2,2-4H3;2-5,9-10H,1H2;3-6H,1H2,2H3;3H,1,4H2,2H3;/q-1;;-1;;+2/b12-10+;;;;. The summed E-state index contributed by atoms with van der Waals surface area (Å²) >= 11 is 2.48. The van der Waals surface area contributed by atoms with Crippen molar-refractivity contribution < 1.29 is 17.0 Å². The minimum atomic E-state index is 0.848. The quantitative estimate of drug-likeness (QED) is 0.241. The van der Waals surface area contributed by atoms with Gasteiger partial charge in [-0.1, -0.05) is 37.3 Å². The van der Waals surface area contributed by atoms with Crippen LogP contribution in [0.15, 0.2) is 114 Å². The molecule has 0 atom stereocenters. The Balaban J connectivity index is 0.000000259. The number of nitrogens with one attached hydrogen (secondary N) is 2. The van der Waals surface area contributed by atoms with Gasteiger partial charge in [0.05, 0.1) is 11.4 Å². The Hall–Kier alpha value is -3.20. The van der Waals surface area contributed by atoms with E-state index in [0.717, 1.165) is 35.6 Å². The van der Waals surface area contributed by atoms with Crippen molar-refractivity contribution in [3.05, 3.63) is 138 Å². The van der Waals surface area contributed by atoms with Crippen LogP contribution in [0.1, 0.15) is 51.7 Å². The van der Waals surface area contributed by atoms with Gasteiger partial charge in [0, 0.05) is 0 Å². The fraction of sp³-hybridized carbons (Fsp3) is 0.212. The summed E-state index contributed by atoms with van der Waals surface area (Å²) in [7, 11) is 0. The maximum Gasteiger partial charge on any atom is -0.0418 e. The molecule has 0 amide bonds. The summed E-state index contributed by atoms with van der Waals surface area (Å²) in [6.07, 6.45) is 13.7. The van der Waals surface area contributed by atoms with Crippen LogP contribution in [0.5, 0.6) is 0 Å². The van der Waals surface area contributed by atoms with E-state index in [2.05, 4.69) is 123 Å². The van der Waals surface area contributed by atoms with Gasteiger partial charge < -0.3 is 10.6 Å². The number of anilines is 2. The average molecular weight is 516 g/mol. The molecule has 1 aliphatic heterocycles. The SMILES string of the molecule is C=C1Nc2ccccc2N1.C=CCC.CC1=CC=C([C-]=C/C(C)=C(/C)[CH]=[V+2])C1.[CH2-]c1ccc(C)cc1. The first-order valence-corrected chi connectivity index (χ1v) is 12.9.